The van der Waals surface area contributed by atoms with Crippen molar-refractivity contribution in [2.45, 2.75) is 44.2 Å². The molecule has 8 nitrogen and oxygen atoms in total. The number of nitrogens with one attached hydrogen (secondary N) is 1. The molecule has 0 spiro atoms. The number of rotatable bonds is 1. The molecule has 0 bridgehead atoms. The molecule has 1 aromatic rings. The van der Waals surface area contributed by atoms with Crippen molar-refractivity contribution in [3.63, 3.8) is 0 Å². The van der Waals surface area contributed by atoms with Crippen LogP contribution in [0, 0.1) is 0 Å². The molecule has 2 fully saturated rings. The number of fused-ring (bicyclic) bond motifs is 1. The van der Waals surface area contributed by atoms with E-state index in [0.29, 0.717) is 0 Å². The molecule has 2 saturated heterocycles. The number of aromatic amines is 1. The van der Waals surface area contributed by atoms with Gasteiger partial charge in [0.05, 0.1) is 6.61 Å². The maximum atomic E-state index is 11.7. The van der Waals surface area contributed by atoms with Gasteiger partial charge in [0.15, 0.2) is 12.0 Å². The number of hydrogen-bond donors (Lipinski definition) is 2. The standard InChI is InChI=1S/C12H16N2O6/c1-12(2)19-6-5-18-10(8(16)9(6)20-12)14-4-3-7(15)13-11(14)17/h3-4,6,8-10,16H,5H2,1-2H3,(H,13,15,17). The highest BCUT2D eigenvalue weighted by atomic mass is 16.8. The summed E-state index contributed by atoms with van der Waals surface area (Å²) in [5, 5.41) is 10.3. The zero-order valence-electron chi connectivity index (χ0n) is 11.1. The fourth-order valence-electron chi connectivity index (χ4n) is 2.61. The molecule has 2 aliphatic heterocycles. The first-order chi connectivity index (χ1) is 9.37. The molecule has 2 aliphatic rings. The van der Waals surface area contributed by atoms with E-state index >= 15 is 0 Å². The molecule has 8 heteroatoms. The van der Waals surface area contributed by atoms with Crippen LogP contribution in [0.25, 0.3) is 0 Å². The van der Waals surface area contributed by atoms with Gasteiger partial charge in [-0.05, 0) is 13.8 Å². The molecule has 4 unspecified atom stereocenters. The van der Waals surface area contributed by atoms with Crippen molar-refractivity contribution >= 4 is 0 Å². The third kappa shape index (κ3) is 2.20. The third-order valence-electron chi connectivity index (χ3n) is 3.41. The van der Waals surface area contributed by atoms with Crippen LogP contribution in [0.15, 0.2) is 21.9 Å². The summed E-state index contributed by atoms with van der Waals surface area (Å²) in [6.45, 7) is 3.69. The first-order valence-electron chi connectivity index (χ1n) is 6.34. The molecule has 110 valence electrons. The lowest BCUT2D eigenvalue weighted by Gasteiger charge is -2.35. The fraction of sp³-hybridized carbons (Fsp3) is 0.667. The second kappa shape index (κ2) is 4.52. The monoisotopic (exact) mass is 284 g/mol. The van der Waals surface area contributed by atoms with Crippen LogP contribution in [0.5, 0.6) is 0 Å². The van der Waals surface area contributed by atoms with Gasteiger partial charge in [0.2, 0.25) is 0 Å². The minimum absolute atomic E-state index is 0.196. The number of H-pyrrole nitrogens is 1. The summed E-state index contributed by atoms with van der Waals surface area (Å²) in [7, 11) is 0. The van der Waals surface area contributed by atoms with Crippen molar-refractivity contribution in [2.75, 3.05) is 6.61 Å². The molecular formula is C12H16N2O6. The Bertz CT molecular complexity index is 621. The van der Waals surface area contributed by atoms with Gasteiger partial charge in [-0.15, -0.1) is 0 Å². The SMILES string of the molecule is CC1(C)OC2COC(n3ccc(=O)[nH]c3=O)C(O)C2O1. The van der Waals surface area contributed by atoms with Gasteiger partial charge >= 0.3 is 5.69 Å². The maximum absolute atomic E-state index is 11.7. The van der Waals surface area contributed by atoms with E-state index in [2.05, 4.69) is 4.98 Å². The van der Waals surface area contributed by atoms with Crippen LogP contribution in [0.1, 0.15) is 20.1 Å². The van der Waals surface area contributed by atoms with Crippen LogP contribution in [-0.4, -0.2) is 45.4 Å². The lowest BCUT2D eigenvalue weighted by Crippen LogP contribution is -2.51. The zero-order chi connectivity index (χ0) is 14.5. The van der Waals surface area contributed by atoms with Crippen LogP contribution in [0.2, 0.25) is 0 Å². The van der Waals surface area contributed by atoms with Gasteiger partial charge in [0.25, 0.3) is 5.56 Å². The molecule has 3 rings (SSSR count). The summed E-state index contributed by atoms with van der Waals surface area (Å²) in [6, 6.07) is 1.19. The summed E-state index contributed by atoms with van der Waals surface area (Å²) < 4.78 is 17.9. The van der Waals surface area contributed by atoms with Crippen molar-refractivity contribution < 1.29 is 19.3 Å². The third-order valence-corrected chi connectivity index (χ3v) is 3.41. The quantitative estimate of drug-likeness (QED) is 0.682. The number of hydrogen-bond acceptors (Lipinski definition) is 6. The van der Waals surface area contributed by atoms with Gasteiger partial charge in [0, 0.05) is 12.3 Å². The van der Waals surface area contributed by atoms with Gasteiger partial charge in [-0.25, -0.2) is 4.79 Å². The number of aromatic nitrogens is 2. The van der Waals surface area contributed by atoms with Gasteiger partial charge in [-0.3, -0.25) is 14.3 Å². The summed E-state index contributed by atoms with van der Waals surface area (Å²) in [5.41, 5.74) is -1.14. The van der Waals surface area contributed by atoms with E-state index in [9.17, 15) is 14.7 Å². The fourth-order valence-corrected chi connectivity index (χ4v) is 2.61. The molecule has 0 amide bonds. The normalized spacial score (nSPS) is 35.8. The predicted molar refractivity (Wildman–Crippen MR) is 66.1 cm³/mol. The Morgan fingerprint density at radius 1 is 1.40 bits per heavy atom. The summed E-state index contributed by atoms with van der Waals surface area (Å²) in [5.74, 6) is -0.801. The van der Waals surface area contributed by atoms with Crippen LogP contribution in [-0.2, 0) is 14.2 Å². The highest BCUT2D eigenvalue weighted by Gasteiger charge is 2.51. The Balaban J connectivity index is 1.90. The van der Waals surface area contributed by atoms with E-state index in [1.54, 1.807) is 13.8 Å². The van der Waals surface area contributed by atoms with E-state index in [1.165, 1.54) is 12.3 Å². The van der Waals surface area contributed by atoms with Gasteiger partial charge in [-0.2, -0.15) is 0 Å². The lowest BCUT2D eigenvalue weighted by molar-refractivity contribution is -0.183. The first-order valence-corrected chi connectivity index (χ1v) is 6.34. The van der Waals surface area contributed by atoms with E-state index in [-0.39, 0.29) is 12.7 Å². The molecule has 0 aromatic carbocycles. The zero-order valence-corrected chi connectivity index (χ0v) is 11.1. The predicted octanol–water partition coefficient (Wildman–Crippen LogP) is -1.05. The maximum Gasteiger partial charge on any atom is 0.330 e. The van der Waals surface area contributed by atoms with Crippen molar-refractivity contribution in [1.29, 1.82) is 0 Å². The van der Waals surface area contributed by atoms with Crippen LogP contribution < -0.4 is 11.2 Å². The minimum Gasteiger partial charge on any atom is -0.386 e. The Labute approximate surface area is 113 Å². The Morgan fingerprint density at radius 3 is 2.85 bits per heavy atom. The molecule has 0 radical (unpaired) electrons. The molecule has 0 saturated carbocycles. The number of nitrogens with zero attached hydrogens (tertiary/aromatic N) is 1. The average molecular weight is 284 g/mol. The van der Waals surface area contributed by atoms with Crippen molar-refractivity contribution in [1.82, 2.24) is 9.55 Å². The molecule has 2 N–H and O–H groups in total. The second-order valence-electron chi connectivity index (χ2n) is 5.37. The van der Waals surface area contributed by atoms with Crippen LogP contribution in [0.4, 0.5) is 0 Å². The second-order valence-corrected chi connectivity index (χ2v) is 5.37. The first kappa shape index (κ1) is 13.5. The highest BCUT2D eigenvalue weighted by Crippen LogP contribution is 2.36. The molecule has 20 heavy (non-hydrogen) atoms. The van der Waals surface area contributed by atoms with E-state index in [1.807, 2.05) is 0 Å². The molecule has 4 atom stereocenters. The summed E-state index contributed by atoms with van der Waals surface area (Å²) in [4.78, 5) is 24.9. The number of ether oxygens (including phenoxy) is 3. The van der Waals surface area contributed by atoms with Gasteiger partial charge in [0.1, 0.15) is 18.3 Å². The summed E-state index contributed by atoms with van der Waals surface area (Å²) in [6.07, 6.45) is -1.66. The van der Waals surface area contributed by atoms with E-state index in [0.717, 1.165) is 4.57 Å². The van der Waals surface area contributed by atoms with Crippen LogP contribution in [0.3, 0.4) is 0 Å². The van der Waals surface area contributed by atoms with Crippen molar-refractivity contribution in [3.05, 3.63) is 33.1 Å². The van der Waals surface area contributed by atoms with Crippen molar-refractivity contribution in [3.8, 4) is 0 Å². The van der Waals surface area contributed by atoms with Crippen molar-refractivity contribution in [2.24, 2.45) is 0 Å². The topological polar surface area (TPSA) is 103 Å². The summed E-state index contributed by atoms with van der Waals surface area (Å²) >= 11 is 0. The molecule has 0 aliphatic carbocycles. The molecule has 3 heterocycles. The number of aliphatic hydroxyl groups is 1. The Morgan fingerprint density at radius 2 is 2.15 bits per heavy atom. The Hall–Kier alpha value is -1.48. The van der Waals surface area contributed by atoms with Gasteiger partial charge in [-0.1, -0.05) is 0 Å². The average Bonchev–Trinajstić information content (AvgIpc) is 2.66. The minimum atomic E-state index is -1.07. The van der Waals surface area contributed by atoms with E-state index < -0.39 is 35.5 Å². The molecule has 1 aromatic heterocycles. The highest BCUT2D eigenvalue weighted by molar-refractivity contribution is 4.95. The van der Waals surface area contributed by atoms with Crippen LogP contribution >= 0.6 is 0 Å². The smallest absolute Gasteiger partial charge is 0.330 e. The largest absolute Gasteiger partial charge is 0.386 e. The number of aliphatic hydroxyl groups excluding tert-OH is 1. The van der Waals surface area contributed by atoms with Gasteiger partial charge < -0.3 is 19.3 Å². The Kier molecular flexibility index (Phi) is 3.05. The molecular weight excluding hydrogens is 268 g/mol. The lowest BCUT2D eigenvalue weighted by atomic mass is 10.0. The van der Waals surface area contributed by atoms with E-state index in [4.69, 9.17) is 14.2 Å².